The Balaban J connectivity index is 2.37. The third-order valence-corrected chi connectivity index (χ3v) is 1.75. The van der Waals surface area contributed by atoms with E-state index in [2.05, 4.69) is 0 Å². The summed E-state index contributed by atoms with van der Waals surface area (Å²) >= 11 is 0. The van der Waals surface area contributed by atoms with Gasteiger partial charge in [-0.1, -0.05) is 0 Å². The first-order valence-corrected chi connectivity index (χ1v) is 3.79. The van der Waals surface area contributed by atoms with E-state index in [1.165, 1.54) is 24.5 Å². The van der Waals surface area contributed by atoms with Crippen LogP contribution < -0.4 is 0 Å². The molecule has 1 aliphatic rings. The second-order valence-electron chi connectivity index (χ2n) is 2.64. The molecular weight excluding hydrogens is 168 g/mol. The van der Waals surface area contributed by atoms with E-state index >= 15 is 0 Å². The molecule has 64 valence electrons. The fourth-order valence-corrected chi connectivity index (χ4v) is 1.11. The van der Waals surface area contributed by atoms with Gasteiger partial charge in [0.05, 0.1) is 11.8 Å². The normalized spacial score (nSPS) is 15.5. The molecule has 0 unspecified atom stereocenters. The van der Waals surface area contributed by atoms with Crippen LogP contribution in [0.5, 0.6) is 0 Å². The minimum atomic E-state index is -0.263. The standard InChI is InChI=1S/C10H6O3/c11-9-3-4-10(12)8(9)6-7-2-1-5-13-7/h1-6H. The maximum absolute atomic E-state index is 11.1. The molecule has 0 N–H and O–H groups in total. The summed E-state index contributed by atoms with van der Waals surface area (Å²) in [6.07, 6.45) is 5.46. The van der Waals surface area contributed by atoms with E-state index in [9.17, 15) is 9.59 Å². The van der Waals surface area contributed by atoms with Crippen molar-refractivity contribution < 1.29 is 14.0 Å². The van der Waals surface area contributed by atoms with Gasteiger partial charge in [-0.25, -0.2) is 0 Å². The summed E-state index contributed by atoms with van der Waals surface area (Å²) in [5.74, 6) is -0.0109. The molecule has 13 heavy (non-hydrogen) atoms. The van der Waals surface area contributed by atoms with E-state index in [-0.39, 0.29) is 17.1 Å². The zero-order chi connectivity index (χ0) is 9.26. The summed E-state index contributed by atoms with van der Waals surface area (Å²) in [4.78, 5) is 22.2. The van der Waals surface area contributed by atoms with E-state index in [4.69, 9.17) is 4.42 Å². The van der Waals surface area contributed by atoms with Crippen molar-refractivity contribution in [2.75, 3.05) is 0 Å². The molecule has 0 amide bonds. The SMILES string of the molecule is O=C1C=CC(=O)C1=Cc1ccco1. The molecule has 3 heteroatoms. The maximum Gasteiger partial charge on any atom is 0.190 e. The number of allylic oxidation sites excluding steroid dienone is 3. The lowest BCUT2D eigenvalue weighted by atomic mass is 10.1. The summed E-state index contributed by atoms with van der Waals surface area (Å²) in [5.41, 5.74) is 0.162. The lowest BCUT2D eigenvalue weighted by Crippen LogP contribution is -1.99. The molecule has 1 heterocycles. The average molecular weight is 174 g/mol. The van der Waals surface area contributed by atoms with Crippen molar-refractivity contribution in [3.8, 4) is 0 Å². The third-order valence-electron chi connectivity index (χ3n) is 1.75. The van der Waals surface area contributed by atoms with Crippen LogP contribution >= 0.6 is 0 Å². The molecule has 0 fully saturated rings. The van der Waals surface area contributed by atoms with Crippen LogP contribution in [0.4, 0.5) is 0 Å². The lowest BCUT2D eigenvalue weighted by Gasteiger charge is -1.90. The molecule has 0 saturated heterocycles. The van der Waals surface area contributed by atoms with Gasteiger partial charge in [-0.05, 0) is 30.4 Å². The van der Waals surface area contributed by atoms with Crippen LogP contribution in [0, 0.1) is 0 Å². The molecule has 0 spiro atoms. The molecule has 0 atom stereocenters. The van der Waals surface area contributed by atoms with Crippen LogP contribution in [0.1, 0.15) is 5.76 Å². The highest BCUT2D eigenvalue weighted by atomic mass is 16.3. The number of carbonyl (C=O) groups is 2. The molecule has 2 rings (SSSR count). The van der Waals surface area contributed by atoms with Gasteiger partial charge < -0.3 is 4.42 Å². The molecule has 1 aliphatic carbocycles. The van der Waals surface area contributed by atoms with Crippen molar-refractivity contribution in [3.05, 3.63) is 41.9 Å². The molecule has 0 radical (unpaired) electrons. The Hall–Kier alpha value is -1.90. The molecule has 0 bridgehead atoms. The predicted molar refractivity (Wildman–Crippen MR) is 45.8 cm³/mol. The minimum absolute atomic E-state index is 0.162. The van der Waals surface area contributed by atoms with E-state index < -0.39 is 0 Å². The highest BCUT2D eigenvalue weighted by Crippen LogP contribution is 2.14. The lowest BCUT2D eigenvalue weighted by molar-refractivity contribution is -0.115. The smallest absolute Gasteiger partial charge is 0.190 e. The number of carbonyl (C=O) groups excluding carboxylic acids is 2. The van der Waals surface area contributed by atoms with E-state index in [1.807, 2.05) is 0 Å². The number of ketones is 2. The summed E-state index contributed by atoms with van der Waals surface area (Å²) in [6, 6.07) is 3.38. The molecule has 1 aromatic rings. The number of rotatable bonds is 1. The van der Waals surface area contributed by atoms with E-state index in [0.717, 1.165) is 0 Å². The van der Waals surface area contributed by atoms with Gasteiger partial charge in [-0.2, -0.15) is 0 Å². The zero-order valence-electron chi connectivity index (χ0n) is 6.69. The fourth-order valence-electron chi connectivity index (χ4n) is 1.11. The summed E-state index contributed by atoms with van der Waals surface area (Å²) in [6.45, 7) is 0. The van der Waals surface area contributed by atoms with Crippen LogP contribution in [0.3, 0.4) is 0 Å². The van der Waals surface area contributed by atoms with Crippen LogP contribution in [0.25, 0.3) is 6.08 Å². The first-order valence-electron chi connectivity index (χ1n) is 3.79. The van der Waals surface area contributed by atoms with Crippen LogP contribution in [0.15, 0.2) is 40.5 Å². The van der Waals surface area contributed by atoms with Gasteiger partial charge in [0.25, 0.3) is 0 Å². The monoisotopic (exact) mass is 174 g/mol. The molecule has 3 nitrogen and oxygen atoms in total. The first kappa shape index (κ1) is 7.73. The summed E-state index contributed by atoms with van der Waals surface area (Å²) < 4.78 is 4.98. The largest absolute Gasteiger partial charge is 0.465 e. The van der Waals surface area contributed by atoms with E-state index in [1.54, 1.807) is 12.1 Å². The Morgan fingerprint density at radius 2 is 1.85 bits per heavy atom. The second-order valence-corrected chi connectivity index (χ2v) is 2.64. The fraction of sp³-hybridized carbons (Fsp3) is 0. The number of hydrogen-bond donors (Lipinski definition) is 0. The minimum Gasteiger partial charge on any atom is -0.465 e. The Bertz CT molecular complexity index is 387. The Labute approximate surface area is 74.4 Å². The number of hydrogen-bond acceptors (Lipinski definition) is 3. The second kappa shape index (κ2) is 2.86. The van der Waals surface area contributed by atoms with Crippen molar-refractivity contribution in [2.45, 2.75) is 0 Å². The third kappa shape index (κ3) is 1.36. The van der Waals surface area contributed by atoms with Crippen LogP contribution in [0.2, 0.25) is 0 Å². The van der Waals surface area contributed by atoms with Crippen LogP contribution in [-0.2, 0) is 9.59 Å². The maximum atomic E-state index is 11.1. The van der Waals surface area contributed by atoms with Gasteiger partial charge >= 0.3 is 0 Å². The van der Waals surface area contributed by atoms with Crippen molar-refractivity contribution in [2.24, 2.45) is 0 Å². The van der Waals surface area contributed by atoms with Gasteiger partial charge in [-0.3, -0.25) is 9.59 Å². The Kier molecular flexibility index (Phi) is 1.70. The van der Waals surface area contributed by atoms with Gasteiger partial charge in [0.15, 0.2) is 11.6 Å². The highest BCUT2D eigenvalue weighted by Gasteiger charge is 2.19. The number of furan rings is 1. The molecule has 0 aromatic carbocycles. The van der Waals surface area contributed by atoms with Gasteiger partial charge in [0.2, 0.25) is 0 Å². The highest BCUT2D eigenvalue weighted by molar-refractivity contribution is 6.35. The van der Waals surface area contributed by atoms with Crippen molar-refractivity contribution in [1.29, 1.82) is 0 Å². The molecule has 0 saturated carbocycles. The molecular formula is C10H6O3. The zero-order valence-corrected chi connectivity index (χ0v) is 6.69. The van der Waals surface area contributed by atoms with Gasteiger partial charge in [0, 0.05) is 0 Å². The molecule has 1 aromatic heterocycles. The van der Waals surface area contributed by atoms with Crippen LogP contribution in [-0.4, -0.2) is 11.6 Å². The van der Waals surface area contributed by atoms with Crippen molar-refractivity contribution >= 4 is 17.6 Å². The Morgan fingerprint density at radius 1 is 1.15 bits per heavy atom. The summed E-state index contributed by atoms with van der Waals surface area (Å²) in [7, 11) is 0. The summed E-state index contributed by atoms with van der Waals surface area (Å²) in [5, 5.41) is 0. The molecule has 0 aliphatic heterocycles. The van der Waals surface area contributed by atoms with Gasteiger partial charge in [-0.15, -0.1) is 0 Å². The predicted octanol–water partition coefficient (Wildman–Crippen LogP) is 1.37. The average Bonchev–Trinajstić information content (AvgIpc) is 2.70. The van der Waals surface area contributed by atoms with Crippen molar-refractivity contribution in [1.82, 2.24) is 0 Å². The van der Waals surface area contributed by atoms with E-state index in [0.29, 0.717) is 5.76 Å². The van der Waals surface area contributed by atoms with Crippen molar-refractivity contribution in [3.63, 3.8) is 0 Å². The Morgan fingerprint density at radius 3 is 2.38 bits per heavy atom. The first-order chi connectivity index (χ1) is 6.27. The van der Waals surface area contributed by atoms with Gasteiger partial charge in [0.1, 0.15) is 5.76 Å². The topological polar surface area (TPSA) is 47.3 Å². The quantitative estimate of drug-likeness (QED) is 0.477.